The van der Waals surface area contributed by atoms with Crippen molar-refractivity contribution >= 4 is 5.91 Å². The quantitative estimate of drug-likeness (QED) is 0.318. The van der Waals surface area contributed by atoms with Crippen molar-refractivity contribution in [2.45, 2.75) is 20.3 Å². The van der Waals surface area contributed by atoms with Gasteiger partial charge in [0.05, 0.1) is 6.42 Å². The Kier molecular flexibility index (Phi) is 2.98. The lowest BCUT2D eigenvalue weighted by Gasteiger charge is -2.06. The molecule has 6 nitrogen and oxygen atoms in total. The van der Waals surface area contributed by atoms with Crippen molar-refractivity contribution in [3.05, 3.63) is 27.4 Å². The molecular weight excluding hydrogens is 184 g/mol. The first-order chi connectivity index (χ1) is 6.54. The number of amides is 1. The largest absolute Gasteiger partial charge is 0.345 e. The highest BCUT2D eigenvalue weighted by atomic mass is 16.2. The summed E-state index contributed by atoms with van der Waals surface area (Å²) in [5.74, 6) is 4.64. The lowest BCUT2D eigenvalue weighted by Crippen LogP contribution is -2.32. The van der Waals surface area contributed by atoms with Crippen LogP contribution in [0.2, 0.25) is 0 Å². The third-order valence-electron chi connectivity index (χ3n) is 1.95. The van der Waals surface area contributed by atoms with Crippen molar-refractivity contribution < 1.29 is 4.79 Å². The Morgan fingerprint density at radius 3 is 2.71 bits per heavy atom. The summed E-state index contributed by atoms with van der Waals surface area (Å²) < 4.78 is 0. The van der Waals surface area contributed by atoms with Crippen LogP contribution in [0, 0.1) is 13.8 Å². The van der Waals surface area contributed by atoms with Crippen LogP contribution in [0.25, 0.3) is 0 Å². The Labute approximate surface area is 80.5 Å². The summed E-state index contributed by atoms with van der Waals surface area (Å²) in [5, 5.41) is 0. The molecule has 0 aliphatic rings. The summed E-state index contributed by atoms with van der Waals surface area (Å²) >= 11 is 0. The highest BCUT2D eigenvalue weighted by molar-refractivity contribution is 5.78. The van der Waals surface area contributed by atoms with Crippen LogP contribution in [-0.4, -0.2) is 15.9 Å². The van der Waals surface area contributed by atoms with Crippen LogP contribution in [0.1, 0.15) is 17.0 Å². The van der Waals surface area contributed by atoms with E-state index in [0.717, 1.165) is 0 Å². The van der Waals surface area contributed by atoms with Crippen LogP contribution in [-0.2, 0) is 11.2 Å². The maximum atomic E-state index is 11.0. The summed E-state index contributed by atoms with van der Waals surface area (Å²) in [6.45, 7) is 3.40. The molecule has 0 saturated carbocycles. The second-order valence-electron chi connectivity index (χ2n) is 2.98. The fourth-order valence-electron chi connectivity index (χ4n) is 1.23. The molecule has 1 rings (SSSR count). The lowest BCUT2D eigenvalue weighted by atomic mass is 10.1. The number of carbonyl (C=O) groups is 1. The number of hydrogen-bond acceptors (Lipinski definition) is 4. The average molecular weight is 196 g/mol. The fraction of sp³-hybridized carbons (Fsp3) is 0.375. The first kappa shape index (κ1) is 10.4. The number of rotatable bonds is 2. The van der Waals surface area contributed by atoms with Crippen LogP contribution < -0.4 is 17.0 Å². The molecule has 0 aliphatic carbocycles. The molecule has 0 unspecified atom stereocenters. The van der Waals surface area contributed by atoms with Crippen molar-refractivity contribution in [3.8, 4) is 0 Å². The van der Waals surface area contributed by atoms with Gasteiger partial charge in [0.2, 0.25) is 5.91 Å². The Hall–Kier alpha value is -1.69. The summed E-state index contributed by atoms with van der Waals surface area (Å²) in [6.07, 6.45) is 0.123. The Morgan fingerprint density at radius 1 is 1.57 bits per heavy atom. The van der Waals surface area contributed by atoms with Crippen LogP contribution >= 0.6 is 0 Å². The van der Waals surface area contributed by atoms with Gasteiger partial charge in [-0.1, -0.05) is 0 Å². The molecule has 76 valence electrons. The zero-order valence-electron chi connectivity index (χ0n) is 8.05. The Morgan fingerprint density at radius 2 is 2.21 bits per heavy atom. The maximum Gasteiger partial charge on any atom is 0.345 e. The van der Waals surface area contributed by atoms with Gasteiger partial charge in [0.1, 0.15) is 0 Å². The number of aromatic amines is 1. The number of carbonyl (C=O) groups excluding carboxylic acids is 1. The standard InChI is InChI=1S/C8H12N4O2/c1-4-6(3-7(13)12-9)5(2)11-8(14)10-4/h3,9H2,1-2H3,(H,12,13)(H,10,11,14). The van der Waals surface area contributed by atoms with Gasteiger partial charge in [-0.25, -0.2) is 10.6 Å². The minimum atomic E-state index is -0.406. The minimum Gasteiger partial charge on any atom is -0.310 e. The number of aryl methyl sites for hydroxylation is 2. The summed E-state index contributed by atoms with van der Waals surface area (Å²) in [4.78, 5) is 28.2. The molecule has 0 aliphatic heterocycles. The summed E-state index contributed by atoms with van der Waals surface area (Å²) in [7, 11) is 0. The van der Waals surface area contributed by atoms with E-state index in [1.54, 1.807) is 13.8 Å². The van der Waals surface area contributed by atoms with Crippen molar-refractivity contribution in [3.63, 3.8) is 0 Å². The molecule has 0 bridgehead atoms. The highest BCUT2D eigenvalue weighted by Gasteiger charge is 2.09. The van der Waals surface area contributed by atoms with Crippen molar-refractivity contribution in [2.75, 3.05) is 0 Å². The normalized spacial score (nSPS) is 9.93. The molecule has 1 aromatic rings. The molecule has 0 fully saturated rings. The van der Waals surface area contributed by atoms with Crippen molar-refractivity contribution in [1.82, 2.24) is 15.4 Å². The van der Waals surface area contributed by atoms with E-state index >= 15 is 0 Å². The number of nitrogens with two attached hydrogens (primary N) is 1. The van der Waals surface area contributed by atoms with Crippen LogP contribution in [0.3, 0.4) is 0 Å². The molecule has 0 atom stereocenters. The molecule has 4 N–H and O–H groups in total. The number of hydrazine groups is 1. The molecule has 14 heavy (non-hydrogen) atoms. The van der Waals surface area contributed by atoms with Gasteiger partial charge in [0.25, 0.3) is 0 Å². The summed E-state index contributed by atoms with van der Waals surface area (Å²) in [5.41, 5.74) is 3.51. The zero-order chi connectivity index (χ0) is 10.7. The Balaban J connectivity index is 3.09. The number of nitrogens with one attached hydrogen (secondary N) is 2. The van der Waals surface area contributed by atoms with Crippen LogP contribution in [0.15, 0.2) is 4.79 Å². The van der Waals surface area contributed by atoms with E-state index in [4.69, 9.17) is 5.84 Å². The summed E-state index contributed by atoms with van der Waals surface area (Å²) in [6, 6.07) is 0. The molecule has 1 heterocycles. The minimum absolute atomic E-state index is 0.123. The van der Waals surface area contributed by atoms with E-state index in [1.165, 1.54) is 0 Å². The van der Waals surface area contributed by atoms with E-state index < -0.39 is 5.69 Å². The highest BCUT2D eigenvalue weighted by Crippen LogP contribution is 2.06. The predicted molar refractivity (Wildman–Crippen MR) is 50.4 cm³/mol. The first-order valence-corrected chi connectivity index (χ1v) is 4.10. The second kappa shape index (κ2) is 4.01. The molecule has 1 aromatic heterocycles. The van der Waals surface area contributed by atoms with E-state index in [2.05, 4.69) is 9.97 Å². The molecule has 0 spiro atoms. The second-order valence-corrected chi connectivity index (χ2v) is 2.98. The Bertz CT molecular complexity index is 384. The monoisotopic (exact) mass is 196 g/mol. The maximum absolute atomic E-state index is 11.0. The van der Waals surface area contributed by atoms with Gasteiger partial charge in [-0.3, -0.25) is 10.2 Å². The fourth-order valence-corrected chi connectivity index (χ4v) is 1.23. The van der Waals surface area contributed by atoms with E-state index in [0.29, 0.717) is 17.0 Å². The molecule has 6 heteroatoms. The van der Waals surface area contributed by atoms with Crippen LogP contribution in [0.4, 0.5) is 0 Å². The predicted octanol–water partition coefficient (Wildman–Crippen LogP) is -1.08. The number of aromatic nitrogens is 2. The van der Waals surface area contributed by atoms with Gasteiger partial charge in [-0.15, -0.1) is 0 Å². The molecular formula is C8H12N4O2. The molecule has 1 amide bonds. The smallest absolute Gasteiger partial charge is 0.310 e. The van der Waals surface area contributed by atoms with Gasteiger partial charge in [-0.05, 0) is 13.8 Å². The molecule has 0 aromatic carbocycles. The number of nitrogens with zero attached hydrogens (tertiary/aromatic N) is 1. The lowest BCUT2D eigenvalue weighted by molar-refractivity contribution is -0.120. The third kappa shape index (κ3) is 2.17. The van der Waals surface area contributed by atoms with Gasteiger partial charge in [0, 0.05) is 17.0 Å². The third-order valence-corrected chi connectivity index (χ3v) is 1.95. The SMILES string of the molecule is Cc1nc(=O)[nH]c(C)c1CC(=O)NN. The van der Waals surface area contributed by atoms with E-state index in [9.17, 15) is 9.59 Å². The van der Waals surface area contributed by atoms with Crippen molar-refractivity contribution in [1.29, 1.82) is 0 Å². The van der Waals surface area contributed by atoms with Gasteiger partial charge in [0.15, 0.2) is 0 Å². The van der Waals surface area contributed by atoms with Gasteiger partial charge < -0.3 is 4.98 Å². The zero-order valence-corrected chi connectivity index (χ0v) is 8.05. The molecule has 0 saturated heterocycles. The van der Waals surface area contributed by atoms with E-state index in [1.807, 2.05) is 5.43 Å². The topological polar surface area (TPSA) is 101 Å². The number of H-pyrrole nitrogens is 1. The van der Waals surface area contributed by atoms with E-state index in [-0.39, 0.29) is 12.3 Å². The van der Waals surface area contributed by atoms with Crippen LogP contribution in [0.5, 0.6) is 0 Å². The average Bonchev–Trinajstić information content (AvgIpc) is 2.10. The van der Waals surface area contributed by atoms with Crippen molar-refractivity contribution in [2.24, 2.45) is 5.84 Å². The first-order valence-electron chi connectivity index (χ1n) is 4.10. The van der Waals surface area contributed by atoms with Gasteiger partial charge in [-0.2, -0.15) is 4.98 Å². The number of hydrogen-bond donors (Lipinski definition) is 3. The molecule has 0 radical (unpaired) electrons. The van der Waals surface area contributed by atoms with Gasteiger partial charge >= 0.3 is 5.69 Å².